The molecule has 33 heavy (non-hydrogen) atoms. The van der Waals surface area contributed by atoms with Gasteiger partial charge in [0.25, 0.3) is 0 Å². The predicted octanol–water partition coefficient (Wildman–Crippen LogP) is 3.38. The van der Waals surface area contributed by atoms with Crippen LogP contribution in [-0.4, -0.2) is 54.8 Å². The van der Waals surface area contributed by atoms with Crippen LogP contribution in [0.3, 0.4) is 0 Å². The van der Waals surface area contributed by atoms with Crippen molar-refractivity contribution < 1.29 is 24.1 Å². The van der Waals surface area contributed by atoms with Gasteiger partial charge in [-0.15, -0.1) is 0 Å². The molecule has 0 radical (unpaired) electrons. The number of aromatic carboxylic acids is 1. The highest BCUT2D eigenvalue weighted by Crippen LogP contribution is 2.41. The lowest BCUT2D eigenvalue weighted by Gasteiger charge is -2.45. The van der Waals surface area contributed by atoms with Crippen molar-refractivity contribution in [2.24, 2.45) is 0 Å². The van der Waals surface area contributed by atoms with Gasteiger partial charge in [-0.3, -0.25) is 9.47 Å². The number of rotatable bonds is 9. The van der Waals surface area contributed by atoms with Crippen molar-refractivity contribution >= 4 is 5.97 Å². The number of hydrogen-bond donors (Lipinski definition) is 1. The molecule has 0 spiro atoms. The highest BCUT2D eigenvalue weighted by atomic mass is 16.5. The Kier molecular flexibility index (Phi) is 6.50. The molecule has 1 fully saturated rings. The molecule has 0 atom stereocenters. The van der Waals surface area contributed by atoms with E-state index in [4.69, 9.17) is 14.2 Å². The Labute approximate surface area is 193 Å². The Morgan fingerprint density at radius 3 is 2.61 bits per heavy atom. The Bertz CT molecular complexity index is 1100. The van der Waals surface area contributed by atoms with E-state index in [2.05, 4.69) is 37.9 Å². The summed E-state index contributed by atoms with van der Waals surface area (Å²) >= 11 is 0. The van der Waals surface area contributed by atoms with Crippen molar-refractivity contribution in [2.75, 3.05) is 38.5 Å². The zero-order chi connectivity index (χ0) is 23.8. The lowest BCUT2D eigenvalue weighted by Crippen LogP contribution is -2.52. The van der Waals surface area contributed by atoms with Gasteiger partial charge < -0.3 is 24.3 Å². The minimum atomic E-state index is -1.22. The van der Waals surface area contributed by atoms with Gasteiger partial charge in [-0.25, -0.2) is 4.79 Å². The second-order valence-electron chi connectivity index (χ2n) is 9.29. The summed E-state index contributed by atoms with van der Waals surface area (Å²) in [6, 6.07) is 5.62. The molecule has 1 saturated heterocycles. The molecule has 0 amide bonds. The van der Waals surface area contributed by atoms with E-state index in [0.717, 1.165) is 35.3 Å². The van der Waals surface area contributed by atoms with Crippen molar-refractivity contribution in [1.29, 1.82) is 0 Å². The van der Waals surface area contributed by atoms with Crippen LogP contribution < -0.4 is 15.2 Å². The van der Waals surface area contributed by atoms with E-state index >= 15 is 0 Å². The molecular weight excluding hydrogens is 424 g/mol. The Balaban J connectivity index is 1.86. The van der Waals surface area contributed by atoms with E-state index in [-0.39, 0.29) is 17.0 Å². The fourth-order valence-electron chi connectivity index (χ4n) is 4.26. The van der Waals surface area contributed by atoms with Crippen molar-refractivity contribution in [1.82, 2.24) is 4.68 Å². The molecule has 0 saturated carbocycles. The van der Waals surface area contributed by atoms with E-state index in [9.17, 15) is 14.7 Å². The van der Waals surface area contributed by atoms with Crippen molar-refractivity contribution in [3.8, 4) is 17.0 Å². The largest absolute Gasteiger partial charge is 0.493 e. The van der Waals surface area contributed by atoms with Crippen LogP contribution in [0.1, 0.15) is 61.0 Å². The number of benzene rings is 1. The molecule has 1 aromatic carbocycles. The first-order valence-corrected chi connectivity index (χ1v) is 11.4. The van der Waals surface area contributed by atoms with Crippen LogP contribution in [-0.2, 0) is 16.0 Å². The maximum atomic E-state index is 12.7. The Morgan fingerprint density at radius 1 is 1.24 bits per heavy atom. The number of aromatic nitrogens is 1. The summed E-state index contributed by atoms with van der Waals surface area (Å²) in [6.07, 6.45) is 3.09. The fourth-order valence-corrected chi connectivity index (χ4v) is 4.26. The molecule has 1 N–H and O–H groups in total. The van der Waals surface area contributed by atoms with E-state index in [0.29, 0.717) is 38.7 Å². The minimum Gasteiger partial charge on any atom is -0.493 e. The molecule has 0 bridgehead atoms. The van der Waals surface area contributed by atoms with Crippen molar-refractivity contribution in [3.63, 3.8) is 0 Å². The average Bonchev–Trinajstić information content (AvgIpc) is 2.74. The fraction of sp³-hybridized carbons (Fsp3) is 0.520. The summed E-state index contributed by atoms with van der Waals surface area (Å²) in [7, 11) is 1.68. The molecule has 2 aliphatic heterocycles. The van der Waals surface area contributed by atoms with Crippen LogP contribution in [0, 0.1) is 0 Å². The third-order valence-corrected chi connectivity index (χ3v) is 6.75. The summed E-state index contributed by atoms with van der Waals surface area (Å²) < 4.78 is 18.6. The van der Waals surface area contributed by atoms with Gasteiger partial charge in [-0.1, -0.05) is 6.92 Å². The number of ether oxygens (including phenoxy) is 3. The highest BCUT2D eigenvalue weighted by molar-refractivity contribution is 5.88. The lowest BCUT2D eigenvalue weighted by atomic mass is 9.89. The number of carboxylic acids is 1. The molecule has 8 heteroatoms. The van der Waals surface area contributed by atoms with Crippen LogP contribution in [0.15, 0.2) is 29.2 Å². The van der Waals surface area contributed by atoms with Gasteiger partial charge in [-0.2, -0.15) is 0 Å². The first kappa shape index (κ1) is 23.3. The second kappa shape index (κ2) is 9.19. The van der Waals surface area contributed by atoms with Gasteiger partial charge >= 0.3 is 5.97 Å². The molecule has 8 nitrogen and oxygen atoms in total. The quantitative estimate of drug-likeness (QED) is 0.579. The number of nitrogens with zero attached hydrogens (tertiary/aromatic N) is 2. The predicted molar refractivity (Wildman–Crippen MR) is 125 cm³/mol. The number of carbonyl (C=O) groups is 1. The SMILES string of the molecule is CCC(C)(C)N1Cc2cc(OCCCOC)c(C3COC3)cc2-c2cc(=O)c(C(=O)O)cn21. The summed E-state index contributed by atoms with van der Waals surface area (Å²) in [5.74, 6) is -0.149. The molecule has 0 aliphatic carbocycles. The van der Waals surface area contributed by atoms with E-state index in [1.165, 1.54) is 12.3 Å². The van der Waals surface area contributed by atoms with Gasteiger partial charge in [-0.05, 0) is 38.0 Å². The highest BCUT2D eigenvalue weighted by Gasteiger charge is 2.34. The van der Waals surface area contributed by atoms with Gasteiger partial charge in [0.1, 0.15) is 11.3 Å². The third-order valence-electron chi connectivity index (χ3n) is 6.75. The molecule has 2 aromatic rings. The average molecular weight is 457 g/mol. The van der Waals surface area contributed by atoms with Gasteiger partial charge in [0.2, 0.25) is 0 Å². The molecule has 178 valence electrons. The van der Waals surface area contributed by atoms with E-state index in [1.807, 2.05) is 4.68 Å². The summed E-state index contributed by atoms with van der Waals surface area (Å²) in [4.78, 5) is 24.3. The monoisotopic (exact) mass is 456 g/mol. The van der Waals surface area contributed by atoms with Crippen LogP contribution in [0.2, 0.25) is 0 Å². The first-order chi connectivity index (χ1) is 15.8. The van der Waals surface area contributed by atoms with Crippen molar-refractivity contribution in [3.05, 3.63) is 51.3 Å². The third kappa shape index (κ3) is 4.37. The number of methoxy groups -OCH3 is 1. The molecule has 0 unspecified atom stereocenters. The maximum absolute atomic E-state index is 12.7. The van der Waals surface area contributed by atoms with Crippen LogP contribution >= 0.6 is 0 Å². The summed E-state index contributed by atoms with van der Waals surface area (Å²) in [6.45, 7) is 9.34. The Morgan fingerprint density at radius 2 is 2.00 bits per heavy atom. The Hall–Kier alpha value is -2.84. The summed E-state index contributed by atoms with van der Waals surface area (Å²) in [5.41, 5.74) is 2.73. The minimum absolute atomic E-state index is 0.232. The lowest BCUT2D eigenvalue weighted by molar-refractivity contribution is 0.00724. The standard InChI is InChI=1S/C25H32N2O6/c1-5-25(2,3)27-12-16-9-23(33-8-6-7-31-4)19(17-14-32-15-17)10-18(16)21-11-22(28)20(24(29)30)13-26(21)27/h9-11,13,17H,5-8,12,14-15H2,1-4H3,(H,29,30). The first-order valence-electron chi connectivity index (χ1n) is 11.4. The van der Waals surface area contributed by atoms with Gasteiger partial charge in [0.05, 0.1) is 37.6 Å². The van der Waals surface area contributed by atoms with E-state index < -0.39 is 11.4 Å². The topological polar surface area (TPSA) is 90.2 Å². The number of pyridine rings is 1. The summed E-state index contributed by atoms with van der Waals surface area (Å²) in [5, 5.41) is 11.7. The van der Waals surface area contributed by atoms with Crippen LogP contribution in [0.25, 0.3) is 11.3 Å². The normalized spacial score (nSPS) is 15.6. The zero-order valence-corrected chi connectivity index (χ0v) is 19.7. The number of carboxylic acid groups (broad SMARTS) is 1. The van der Waals surface area contributed by atoms with Crippen LogP contribution in [0.4, 0.5) is 0 Å². The molecular formula is C25H32N2O6. The van der Waals surface area contributed by atoms with Gasteiger partial charge in [0.15, 0.2) is 5.43 Å². The van der Waals surface area contributed by atoms with E-state index in [1.54, 1.807) is 7.11 Å². The molecule has 3 heterocycles. The zero-order valence-electron chi connectivity index (χ0n) is 19.7. The van der Waals surface area contributed by atoms with Crippen LogP contribution in [0.5, 0.6) is 5.75 Å². The maximum Gasteiger partial charge on any atom is 0.341 e. The molecule has 2 aliphatic rings. The number of hydrogen-bond acceptors (Lipinski definition) is 6. The van der Waals surface area contributed by atoms with Crippen molar-refractivity contribution in [2.45, 2.75) is 51.6 Å². The molecule has 4 rings (SSSR count). The molecule has 1 aromatic heterocycles. The smallest absolute Gasteiger partial charge is 0.341 e. The number of fused-ring (bicyclic) bond motifs is 3. The second-order valence-corrected chi connectivity index (χ2v) is 9.29. The van der Waals surface area contributed by atoms with Gasteiger partial charge in [0, 0.05) is 49.4 Å².